The predicted molar refractivity (Wildman–Crippen MR) is 161 cm³/mol. The van der Waals surface area contributed by atoms with E-state index in [0.29, 0.717) is 36.4 Å². The molecule has 2 aromatic heterocycles. The lowest BCUT2D eigenvalue weighted by atomic mass is 9.93. The topological polar surface area (TPSA) is 120 Å². The number of carbonyl (C=O) groups is 1. The van der Waals surface area contributed by atoms with Gasteiger partial charge in [-0.3, -0.25) is 0 Å². The van der Waals surface area contributed by atoms with Crippen LogP contribution < -0.4 is 20.3 Å². The molecule has 0 radical (unpaired) electrons. The Hall–Kier alpha value is -3.70. The van der Waals surface area contributed by atoms with Gasteiger partial charge in [-0.2, -0.15) is 9.97 Å². The molecule has 11 heteroatoms. The lowest BCUT2D eigenvalue weighted by Crippen LogP contribution is -2.37. The summed E-state index contributed by atoms with van der Waals surface area (Å²) >= 11 is 0. The second kappa shape index (κ2) is 13.5. The Morgan fingerprint density at radius 2 is 1.69 bits per heavy atom. The summed E-state index contributed by atoms with van der Waals surface area (Å²) in [6.45, 7) is 6.59. The maximum Gasteiger partial charge on any atom is 0.343 e. The average Bonchev–Trinajstić information content (AvgIpc) is 3.03. The maximum absolute atomic E-state index is 12.7. The summed E-state index contributed by atoms with van der Waals surface area (Å²) in [7, 11) is 0. The second-order valence-corrected chi connectivity index (χ2v) is 11.0. The van der Waals surface area contributed by atoms with Crippen LogP contribution in [0.25, 0.3) is 10.8 Å². The number of hydrogen-bond donors (Lipinski definition) is 2. The van der Waals surface area contributed by atoms with Crippen molar-refractivity contribution in [3.63, 3.8) is 0 Å². The molecule has 1 aliphatic carbocycles. The van der Waals surface area contributed by atoms with Crippen LogP contribution >= 0.6 is 0 Å². The molecule has 3 aliphatic rings. The Morgan fingerprint density at radius 3 is 2.48 bits per heavy atom. The first-order chi connectivity index (χ1) is 20.7. The van der Waals surface area contributed by atoms with Crippen LogP contribution in [0.1, 0.15) is 55.8 Å². The van der Waals surface area contributed by atoms with E-state index >= 15 is 0 Å². The van der Waals surface area contributed by atoms with Gasteiger partial charge in [0.05, 0.1) is 19.8 Å². The molecule has 224 valence electrons. The van der Waals surface area contributed by atoms with Crippen LogP contribution in [0.2, 0.25) is 0 Å². The Balaban J connectivity index is 1.13. The normalized spacial score (nSPS) is 21.6. The molecular weight excluding hydrogens is 536 g/mol. The molecule has 42 heavy (non-hydrogen) atoms. The van der Waals surface area contributed by atoms with E-state index in [1.165, 1.54) is 0 Å². The highest BCUT2D eigenvalue weighted by Gasteiger charge is 2.27. The van der Waals surface area contributed by atoms with Crippen molar-refractivity contribution < 1.29 is 23.7 Å². The molecule has 0 bridgehead atoms. The summed E-state index contributed by atoms with van der Waals surface area (Å²) in [5.74, 6) is 2.21. The number of anilines is 3. The van der Waals surface area contributed by atoms with Crippen molar-refractivity contribution in [3.8, 4) is 5.88 Å². The van der Waals surface area contributed by atoms with E-state index in [-0.39, 0.29) is 24.8 Å². The lowest BCUT2D eigenvalue weighted by Gasteiger charge is -2.31. The van der Waals surface area contributed by atoms with Crippen LogP contribution in [0.4, 0.5) is 17.6 Å². The summed E-state index contributed by atoms with van der Waals surface area (Å²) < 4.78 is 22.9. The molecule has 3 fully saturated rings. The first-order valence-corrected chi connectivity index (χ1v) is 15.2. The summed E-state index contributed by atoms with van der Waals surface area (Å²) in [4.78, 5) is 29.0. The lowest BCUT2D eigenvalue weighted by molar-refractivity contribution is 0.0526. The first-order valence-electron chi connectivity index (χ1n) is 15.2. The van der Waals surface area contributed by atoms with Crippen LogP contribution in [0.3, 0.4) is 0 Å². The van der Waals surface area contributed by atoms with Gasteiger partial charge in [0, 0.05) is 50.0 Å². The quantitative estimate of drug-likeness (QED) is 0.352. The van der Waals surface area contributed by atoms with Gasteiger partial charge in [-0.1, -0.05) is 18.2 Å². The van der Waals surface area contributed by atoms with Crippen molar-refractivity contribution in [2.45, 2.75) is 63.6 Å². The Labute approximate surface area is 246 Å². The van der Waals surface area contributed by atoms with Crippen LogP contribution in [0.15, 0.2) is 36.5 Å². The van der Waals surface area contributed by atoms with Gasteiger partial charge >= 0.3 is 5.97 Å². The molecule has 11 nitrogen and oxygen atoms in total. The number of hydrogen-bond acceptors (Lipinski definition) is 11. The second-order valence-electron chi connectivity index (χ2n) is 11.0. The standard InChI is InChI=1S/C31H40N6O5/c1-2-41-30(38)26-20-32-31(34-23-11-15-39-16-12-23)36-28(26)33-22-7-9-24(10-8-22)42-29-25-6-4-3-5-21(25)19-27(35-29)37-13-17-40-18-14-37/h3-6,19-20,22-24H,2,7-18H2,1H3,(H2,32,33,34,36). The summed E-state index contributed by atoms with van der Waals surface area (Å²) in [5.41, 5.74) is 0.350. The molecule has 1 saturated carbocycles. The minimum Gasteiger partial charge on any atom is -0.474 e. The number of fused-ring (bicyclic) bond motifs is 1. The van der Waals surface area contributed by atoms with Gasteiger partial charge in [0.15, 0.2) is 0 Å². The van der Waals surface area contributed by atoms with Crippen molar-refractivity contribution in [2.24, 2.45) is 0 Å². The highest BCUT2D eigenvalue weighted by Crippen LogP contribution is 2.32. The van der Waals surface area contributed by atoms with E-state index < -0.39 is 5.97 Å². The largest absolute Gasteiger partial charge is 0.474 e. The number of ether oxygens (including phenoxy) is 4. The smallest absolute Gasteiger partial charge is 0.343 e. The predicted octanol–water partition coefficient (Wildman–Crippen LogP) is 4.43. The fourth-order valence-corrected chi connectivity index (χ4v) is 5.82. The minimum atomic E-state index is -0.423. The molecule has 3 aromatic rings. The zero-order valence-corrected chi connectivity index (χ0v) is 24.2. The van der Waals surface area contributed by atoms with Crippen LogP contribution in [-0.2, 0) is 14.2 Å². The number of benzene rings is 1. The highest BCUT2D eigenvalue weighted by atomic mass is 16.5. The molecule has 0 atom stereocenters. The average molecular weight is 577 g/mol. The first kappa shape index (κ1) is 28.4. The zero-order valence-electron chi connectivity index (χ0n) is 24.2. The summed E-state index contributed by atoms with van der Waals surface area (Å²) in [6.07, 6.45) is 6.89. The molecule has 2 saturated heterocycles. The maximum atomic E-state index is 12.7. The summed E-state index contributed by atoms with van der Waals surface area (Å²) in [5, 5.41) is 9.08. The van der Waals surface area contributed by atoms with Gasteiger partial charge in [0.25, 0.3) is 0 Å². The van der Waals surface area contributed by atoms with E-state index in [0.717, 1.165) is 81.4 Å². The SMILES string of the molecule is CCOC(=O)c1cnc(NC2CCOCC2)nc1NC1CCC(Oc2nc(N3CCOCC3)cc3ccccc23)CC1. The fraction of sp³-hybridized carbons (Fsp3) is 0.548. The Bertz CT molecular complexity index is 1350. The van der Waals surface area contributed by atoms with Crippen molar-refractivity contribution in [2.75, 3.05) is 61.7 Å². The molecule has 0 amide bonds. The van der Waals surface area contributed by atoms with Crippen molar-refractivity contribution in [3.05, 3.63) is 42.1 Å². The number of esters is 1. The van der Waals surface area contributed by atoms with Gasteiger partial charge in [-0.05, 0) is 63.0 Å². The molecule has 0 spiro atoms. The van der Waals surface area contributed by atoms with Gasteiger partial charge in [0.2, 0.25) is 11.8 Å². The molecule has 6 rings (SSSR count). The number of aromatic nitrogens is 3. The monoisotopic (exact) mass is 576 g/mol. The Morgan fingerprint density at radius 1 is 0.952 bits per heavy atom. The van der Waals surface area contributed by atoms with Crippen molar-refractivity contribution in [1.82, 2.24) is 15.0 Å². The minimum absolute atomic E-state index is 0.0552. The van der Waals surface area contributed by atoms with E-state index in [1.54, 1.807) is 13.1 Å². The van der Waals surface area contributed by atoms with Crippen LogP contribution in [0, 0.1) is 0 Å². The number of morpholine rings is 1. The summed E-state index contributed by atoms with van der Waals surface area (Å²) in [6, 6.07) is 10.8. The van der Waals surface area contributed by atoms with Gasteiger partial charge in [0.1, 0.15) is 23.3 Å². The molecule has 1 aromatic carbocycles. The van der Waals surface area contributed by atoms with Crippen molar-refractivity contribution in [1.29, 1.82) is 0 Å². The van der Waals surface area contributed by atoms with E-state index in [4.69, 9.17) is 28.9 Å². The van der Waals surface area contributed by atoms with Crippen molar-refractivity contribution >= 4 is 34.3 Å². The molecular formula is C31H40N6O5. The van der Waals surface area contributed by atoms with Gasteiger partial charge in [-0.15, -0.1) is 0 Å². The van der Waals surface area contributed by atoms with E-state index in [9.17, 15) is 4.79 Å². The third-order valence-corrected chi connectivity index (χ3v) is 8.16. The third-order valence-electron chi connectivity index (χ3n) is 8.16. The van der Waals surface area contributed by atoms with Gasteiger partial charge in [-0.25, -0.2) is 9.78 Å². The molecule has 2 N–H and O–H groups in total. The zero-order chi connectivity index (χ0) is 28.7. The number of rotatable bonds is 9. The number of carbonyl (C=O) groups excluding carboxylic acids is 1. The van der Waals surface area contributed by atoms with E-state index in [2.05, 4.69) is 38.7 Å². The molecule has 0 unspecified atom stereocenters. The molecule has 2 aliphatic heterocycles. The number of nitrogens with zero attached hydrogens (tertiary/aromatic N) is 4. The van der Waals surface area contributed by atoms with Crippen LogP contribution in [0.5, 0.6) is 5.88 Å². The Kier molecular flexibility index (Phi) is 9.15. The van der Waals surface area contributed by atoms with E-state index in [1.807, 2.05) is 12.1 Å². The molecule has 4 heterocycles. The highest BCUT2D eigenvalue weighted by molar-refractivity contribution is 5.94. The van der Waals surface area contributed by atoms with Crippen LogP contribution in [-0.4, -0.2) is 85.2 Å². The number of pyridine rings is 1. The fourth-order valence-electron chi connectivity index (χ4n) is 5.82. The number of nitrogens with one attached hydrogen (secondary N) is 2. The third kappa shape index (κ3) is 6.84. The van der Waals surface area contributed by atoms with Gasteiger partial charge < -0.3 is 34.5 Å².